The van der Waals surface area contributed by atoms with Crippen molar-refractivity contribution in [1.82, 2.24) is 29.5 Å². The lowest BCUT2D eigenvalue weighted by Gasteiger charge is -2.35. The molecule has 0 aromatic carbocycles. The van der Waals surface area contributed by atoms with Gasteiger partial charge in [-0.1, -0.05) is 0 Å². The summed E-state index contributed by atoms with van der Waals surface area (Å²) >= 11 is 1.42. The first-order valence-electron chi connectivity index (χ1n) is 9.49. The van der Waals surface area contributed by atoms with Gasteiger partial charge in [-0.25, -0.2) is 9.97 Å². The molecule has 1 aliphatic rings. The molecule has 10 heteroatoms. The van der Waals surface area contributed by atoms with Crippen LogP contribution in [0.4, 0.5) is 16.6 Å². The molecule has 0 radical (unpaired) electrons. The second-order valence-electron chi connectivity index (χ2n) is 6.78. The average Bonchev–Trinajstić information content (AvgIpc) is 3.21. The molecule has 29 heavy (non-hydrogen) atoms. The fourth-order valence-electron chi connectivity index (χ4n) is 3.21. The van der Waals surface area contributed by atoms with Gasteiger partial charge < -0.3 is 15.3 Å². The maximum Gasteiger partial charge on any atom is 0.227 e. The quantitative estimate of drug-likeness (QED) is 0.499. The molecule has 0 spiro atoms. The molecule has 1 aliphatic heterocycles. The number of aliphatic hydroxyl groups is 1. The molecule has 0 bridgehead atoms. The molecule has 0 amide bonds. The Morgan fingerprint density at radius 3 is 2.62 bits per heavy atom. The molecule has 1 unspecified atom stereocenters. The maximum absolute atomic E-state index is 9.78. The number of hydrogen-bond donors (Lipinski definition) is 3. The normalized spacial score (nSPS) is 16.0. The zero-order chi connectivity index (χ0) is 20.1. The number of rotatable bonds is 7. The summed E-state index contributed by atoms with van der Waals surface area (Å²) < 4.78 is 4.55. The molecule has 1 fully saturated rings. The minimum Gasteiger partial charge on any atom is -0.373 e. The first-order chi connectivity index (χ1) is 14.2. The van der Waals surface area contributed by atoms with Gasteiger partial charge in [0, 0.05) is 45.1 Å². The summed E-state index contributed by atoms with van der Waals surface area (Å²) in [5.74, 6) is 0.582. The van der Waals surface area contributed by atoms with E-state index in [0.717, 1.165) is 49.1 Å². The van der Waals surface area contributed by atoms with Gasteiger partial charge in [0.05, 0.1) is 23.3 Å². The minimum absolute atomic E-state index is 0.582. The van der Waals surface area contributed by atoms with E-state index in [1.807, 2.05) is 18.3 Å². The molecule has 152 valence electrons. The van der Waals surface area contributed by atoms with Crippen LogP contribution in [0.2, 0.25) is 0 Å². The third kappa shape index (κ3) is 5.04. The van der Waals surface area contributed by atoms with Gasteiger partial charge in [0.2, 0.25) is 5.95 Å². The van der Waals surface area contributed by atoms with Crippen LogP contribution in [0.15, 0.2) is 42.9 Å². The molecular weight excluding hydrogens is 388 g/mol. The van der Waals surface area contributed by atoms with E-state index in [0.29, 0.717) is 11.6 Å². The Kier molecular flexibility index (Phi) is 6.25. The molecule has 3 aromatic rings. The van der Waals surface area contributed by atoms with Gasteiger partial charge in [-0.3, -0.25) is 15.2 Å². The molecule has 3 aromatic heterocycles. The van der Waals surface area contributed by atoms with Crippen LogP contribution in [-0.4, -0.2) is 62.6 Å². The van der Waals surface area contributed by atoms with Crippen molar-refractivity contribution in [3.05, 3.63) is 54.2 Å². The van der Waals surface area contributed by atoms with Crippen LogP contribution in [0.1, 0.15) is 17.6 Å². The van der Waals surface area contributed by atoms with Crippen molar-refractivity contribution in [2.45, 2.75) is 12.8 Å². The highest BCUT2D eigenvalue weighted by Gasteiger charge is 2.19. The first-order valence-corrected chi connectivity index (χ1v) is 10.3. The fraction of sp³-hybridized carbons (Fsp3) is 0.368. The van der Waals surface area contributed by atoms with E-state index < -0.39 is 6.23 Å². The number of nitrogens with one attached hydrogen (secondary N) is 2. The number of pyridine rings is 1. The lowest BCUT2D eigenvalue weighted by Crippen LogP contribution is -2.46. The Balaban J connectivity index is 1.28. The van der Waals surface area contributed by atoms with Crippen LogP contribution in [0.25, 0.3) is 0 Å². The average molecular weight is 413 g/mol. The lowest BCUT2D eigenvalue weighted by molar-refractivity contribution is 0.144. The standard InChI is InChI=1S/C19H24N8OS/c1-20-18(28)16-4-3-15(12-23-16)27-9-7-26(8-10-27)13-14-11-17(29-25-14)24-19-21-5-2-6-22-19/h2-6,11-12,18,20,28H,7-10,13H2,1H3,(H,21,22,24). The Hall–Kier alpha value is -2.66. The van der Waals surface area contributed by atoms with Crippen LogP contribution >= 0.6 is 11.5 Å². The number of aromatic nitrogens is 4. The van der Waals surface area contributed by atoms with E-state index in [2.05, 4.69) is 45.8 Å². The van der Waals surface area contributed by atoms with Crippen molar-refractivity contribution < 1.29 is 5.11 Å². The van der Waals surface area contributed by atoms with E-state index in [1.54, 1.807) is 25.5 Å². The summed E-state index contributed by atoms with van der Waals surface area (Å²) in [6, 6.07) is 7.73. The van der Waals surface area contributed by atoms with Crippen LogP contribution in [-0.2, 0) is 6.54 Å². The molecule has 4 heterocycles. The minimum atomic E-state index is -0.730. The summed E-state index contributed by atoms with van der Waals surface area (Å²) in [5.41, 5.74) is 2.76. The molecular formula is C19H24N8OS. The number of anilines is 3. The smallest absolute Gasteiger partial charge is 0.227 e. The fourth-order valence-corrected chi connectivity index (χ4v) is 3.86. The molecule has 1 atom stereocenters. The van der Waals surface area contributed by atoms with Gasteiger partial charge in [0.1, 0.15) is 11.2 Å². The zero-order valence-corrected chi connectivity index (χ0v) is 17.0. The van der Waals surface area contributed by atoms with Crippen LogP contribution in [0.5, 0.6) is 0 Å². The van der Waals surface area contributed by atoms with Crippen LogP contribution < -0.4 is 15.5 Å². The van der Waals surface area contributed by atoms with Crippen molar-refractivity contribution in [2.75, 3.05) is 43.4 Å². The van der Waals surface area contributed by atoms with Gasteiger partial charge >= 0.3 is 0 Å². The summed E-state index contributed by atoms with van der Waals surface area (Å²) in [4.78, 5) is 17.4. The Morgan fingerprint density at radius 1 is 1.14 bits per heavy atom. The molecule has 9 nitrogen and oxygen atoms in total. The molecule has 0 saturated carbocycles. The van der Waals surface area contributed by atoms with Gasteiger partial charge in [-0.15, -0.1) is 0 Å². The topological polar surface area (TPSA) is 102 Å². The maximum atomic E-state index is 9.78. The third-order valence-corrected chi connectivity index (χ3v) is 5.55. The monoisotopic (exact) mass is 412 g/mol. The van der Waals surface area contributed by atoms with Gasteiger partial charge in [-0.2, -0.15) is 4.37 Å². The number of aliphatic hydroxyl groups excluding tert-OH is 1. The number of piperazine rings is 1. The molecule has 1 saturated heterocycles. The molecule has 3 N–H and O–H groups in total. The highest BCUT2D eigenvalue weighted by Crippen LogP contribution is 2.22. The van der Waals surface area contributed by atoms with Crippen molar-refractivity contribution in [3.8, 4) is 0 Å². The molecule has 0 aliphatic carbocycles. The van der Waals surface area contributed by atoms with Gasteiger partial charge in [0.25, 0.3) is 0 Å². The third-order valence-electron chi connectivity index (χ3n) is 4.81. The summed E-state index contributed by atoms with van der Waals surface area (Å²) in [6.45, 7) is 4.62. The zero-order valence-electron chi connectivity index (χ0n) is 16.2. The SMILES string of the molecule is CNC(O)c1ccc(N2CCN(Cc3cc(Nc4ncccn4)sn3)CC2)cn1. The van der Waals surface area contributed by atoms with E-state index in [4.69, 9.17) is 0 Å². The van der Waals surface area contributed by atoms with E-state index in [1.165, 1.54) is 11.5 Å². The van der Waals surface area contributed by atoms with Gasteiger partial charge in [-0.05, 0) is 42.8 Å². The summed E-state index contributed by atoms with van der Waals surface area (Å²) in [5, 5.41) is 16.7. The van der Waals surface area contributed by atoms with Crippen molar-refractivity contribution in [1.29, 1.82) is 0 Å². The Morgan fingerprint density at radius 2 is 1.93 bits per heavy atom. The predicted octanol–water partition coefficient (Wildman–Crippen LogP) is 1.60. The van der Waals surface area contributed by atoms with Crippen molar-refractivity contribution in [2.24, 2.45) is 0 Å². The highest BCUT2D eigenvalue weighted by molar-refractivity contribution is 7.10. The van der Waals surface area contributed by atoms with Gasteiger partial charge in [0.15, 0.2) is 0 Å². The lowest BCUT2D eigenvalue weighted by atomic mass is 10.2. The predicted molar refractivity (Wildman–Crippen MR) is 113 cm³/mol. The van der Waals surface area contributed by atoms with Crippen molar-refractivity contribution >= 4 is 28.2 Å². The second kappa shape index (κ2) is 9.23. The Labute approximate surface area is 173 Å². The van der Waals surface area contributed by atoms with E-state index in [-0.39, 0.29) is 0 Å². The van der Waals surface area contributed by atoms with E-state index in [9.17, 15) is 5.11 Å². The largest absolute Gasteiger partial charge is 0.373 e. The van der Waals surface area contributed by atoms with E-state index >= 15 is 0 Å². The highest BCUT2D eigenvalue weighted by atomic mass is 32.1. The van der Waals surface area contributed by atoms with Crippen LogP contribution in [0, 0.1) is 0 Å². The van der Waals surface area contributed by atoms with Crippen molar-refractivity contribution in [3.63, 3.8) is 0 Å². The first kappa shape index (κ1) is 19.6. The Bertz CT molecular complexity index is 896. The van der Waals surface area contributed by atoms with Crippen LogP contribution in [0.3, 0.4) is 0 Å². The summed E-state index contributed by atoms with van der Waals surface area (Å²) in [6.07, 6.45) is 4.52. The number of hydrogen-bond acceptors (Lipinski definition) is 10. The molecule has 4 rings (SSSR count). The number of nitrogens with zero attached hydrogens (tertiary/aromatic N) is 6. The second-order valence-corrected chi connectivity index (χ2v) is 7.58. The summed E-state index contributed by atoms with van der Waals surface area (Å²) in [7, 11) is 1.70.